The molecule has 0 spiro atoms. The van der Waals surface area contributed by atoms with Crippen molar-refractivity contribution in [3.63, 3.8) is 0 Å². The van der Waals surface area contributed by atoms with Crippen LogP contribution in [-0.4, -0.2) is 37.5 Å². The Bertz CT molecular complexity index is 925. The number of halogens is 1. The van der Waals surface area contributed by atoms with Crippen molar-refractivity contribution in [3.8, 4) is 11.5 Å². The van der Waals surface area contributed by atoms with Gasteiger partial charge in [-0.3, -0.25) is 9.59 Å². The molecule has 0 aliphatic rings. The number of nitrogens with one attached hydrogen (secondary N) is 1. The monoisotopic (exact) mass is 419 g/mol. The van der Waals surface area contributed by atoms with Crippen molar-refractivity contribution in [2.24, 2.45) is 0 Å². The summed E-state index contributed by atoms with van der Waals surface area (Å²) in [4.78, 5) is 35.8. The summed E-state index contributed by atoms with van der Waals surface area (Å²) in [6.45, 7) is 4.60. The van der Waals surface area contributed by atoms with Crippen molar-refractivity contribution in [2.45, 2.75) is 26.9 Å². The highest BCUT2D eigenvalue weighted by Crippen LogP contribution is 2.37. The van der Waals surface area contributed by atoms with Crippen molar-refractivity contribution >= 4 is 34.9 Å². The molecular weight excluding hydrogens is 398 g/mol. The molecule has 2 aromatic rings. The molecule has 0 unspecified atom stereocenters. The van der Waals surface area contributed by atoms with Crippen molar-refractivity contribution in [3.05, 3.63) is 52.5 Å². The third-order valence-electron chi connectivity index (χ3n) is 3.71. The molecule has 0 aliphatic heterocycles. The number of rotatable bonds is 8. The maximum atomic E-state index is 12.3. The highest BCUT2D eigenvalue weighted by molar-refractivity contribution is 6.32. The quantitative estimate of drug-likeness (QED) is 0.511. The van der Waals surface area contributed by atoms with Gasteiger partial charge >= 0.3 is 5.97 Å². The minimum absolute atomic E-state index is 0.120. The van der Waals surface area contributed by atoms with Crippen LogP contribution >= 0.6 is 11.6 Å². The standard InChI is InChI=1S/C21H22ClNO6/c1-12(2)29-20-17(22)9-15(10-18(20)27-4)21(26)28-11-19(25)23-16-7-5-6-14(8-16)13(3)24/h5-10,12H,11H2,1-4H3,(H,23,25). The molecule has 0 bridgehead atoms. The number of hydrogen-bond acceptors (Lipinski definition) is 6. The van der Waals surface area contributed by atoms with Crippen molar-refractivity contribution in [1.82, 2.24) is 0 Å². The Morgan fingerprint density at radius 2 is 1.83 bits per heavy atom. The molecule has 2 aromatic carbocycles. The van der Waals surface area contributed by atoms with Crippen LogP contribution in [0.15, 0.2) is 36.4 Å². The number of hydrogen-bond donors (Lipinski definition) is 1. The molecule has 1 amide bonds. The van der Waals surface area contributed by atoms with E-state index in [0.717, 1.165) is 0 Å². The van der Waals surface area contributed by atoms with Gasteiger partial charge in [-0.1, -0.05) is 23.7 Å². The first-order valence-electron chi connectivity index (χ1n) is 8.83. The van der Waals surface area contributed by atoms with Crippen LogP contribution in [0.3, 0.4) is 0 Å². The van der Waals surface area contributed by atoms with Crippen LogP contribution in [0.2, 0.25) is 5.02 Å². The van der Waals surface area contributed by atoms with Gasteiger partial charge in [-0.05, 0) is 45.0 Å². The number of Topliss-reactive ketones (excluding diaryl/α,β-unsaturated/α-hetero) is 1. The van der Waals surface area contributed by atoms with Gasteiger partial charge in [-0.2, -0.15) is 0 Å². The van der Waals surface area contributed by atoms with Crippen LogP contribution in [0, 0.1) is 0 Å². The third-order valence-corrected chi connectivity index (χ3v) is 3.99. The molecule has 0 heterocycles. The Hall–Kier alpha value is -3.06. The van der Waals surface area contributed by atoms with Crippen LogP contribution in [0.5, 0.6) is 11.5 Å². The Balaban J connectivity index is 2.03. The Kier molecular flexibility index (Phi) is 7.61. The Labute approximate surface area is 173 Å². The minimum Gasteiger partial charge on any atom is -0.493 e. The molecule has 7 nitrogen and oxygen atoms in total. The third kappa shape index (κ3) is 6.22. The van der Waals surface area contributed by atoms with Gasteiger partial charge in [0.1, 0.15) is 0 Å². The van der Waals surface area contributed by atoms with Crippen LogP contribution in [-0.2, 0) is 9.53 Å². The smallest absolute Gasteiger partial charge is 0.338 e. The number of ether oxygens (including phenoxy) is 3. The minimum atomic E-state index is -0.742. The number of esters is 1. The summed E-state index contributed by atoms with van der Waals surface area (Å²) >= 11 is 6.19. The number of ketones is 1. The van der Waals surface area contributed by atoms with Gasteiger partial charge in [0.15, 0.2) is 23.9 Å². The molecule has 0 saturated heterocycles. The van der Waals surface area contributed by atoms with Gasteiger partial charge in [0.05, 0.1) is 23.8 Å². The second kappa shape index (κ2) is 9.93. The second-order valence-electron chi connectivity index (χ2n) is 6.42. The predicted octanol–water partition coefficient (Wildman–Crippen LogP) is 4.13. The summed E-state index contributed by atoms with van der Waals surface area (Å²) < 4.78 is 15.9. The molecule has 29 heavy (non-hydrogen) atoms. The molecule has 1 N–H and O–H groups in total. The molecule has 0 aliphatic carbocycles. The number of anilines is 1. The van der Waals surface area contributed by atoms with Crippen LogP contribution in [0.1, 0.15) is 41.5 Å². The fraction of sp³-hybridized carbons (Fsp3) is 0.286. The van der Waals surface area contributed by atoms with Crippen molar-refractivity contribution in [2.75, 3.05) is 19.0 Å². The van der Waals surface area contributed by atoms with Gasteiger partial charge in [0, 0.05) is 11.3 Å². The van der Waals surface area contributed by atoms with Gasteiger partial charge in [0.2, 0.25) is 0 Å². The van der Waals surface area contributed by atoms with Crippen molar-refractivity contribution in [1.29, 1.82) is 0 Å². The SMILES string of the molecule is COc1cc(C(=O)OCC(=O)Nc2cccc(C(C)=O)c2)cc(Cl)c1OC(C)C. The van der Waals surface area contributed by atoms with E-state index in [2.05, 4.69) is 5.32 Å². The van der Waals surface area contributed by atoms with Crippen LogP contribution in [0.4, 0.5) is 5.69 Å². The first-order valence-corrected chi connectivity index (χ1v) is 9.21. The van der Waals surface area contributed by atoms with E-state index < -0.39 is 18.5 Å². The Morgan fingerprint density at radius 3 is 2.45 bits per heavy atom. The number of carbonyl (C=O) groups is 3. The van der Waals surface area contributed by atoms with Gasteiger partial charge in [-0.25, -0.2) is 4.79 Å². The highest BCUT2D eigenvalue weighted by Gasteiger charge is 2.18. The molecule has 0 aromatic heterocycles. The average molecular weight is 420 g/mol. The topological polar surface area (TPSA) is 90.9 Å². The summed E-state index contributed by atoms with van der Waals surface area (Å²) in [7, 11) is 1.43. The molecule has 0 radical (unpaired) electrons. The molecule has 2 rings (SSSR count). The Morgan fingerprint density at radius 1 is 1.10 bits per heavy atom. The van der Waals surface area contributed by atoms with E-state index in [1.54, 1.807) is 24.3 Å². The first-order chi connectivity index (χ1) is 13.7. The van der Waals surface area contributed by atoms with Crippen molar-refractivity contribution < 1.29 is 28.6 Å². The molecule has 0 fully saturated rings. The zero-order valence-corrected chi connectivity index (χ0v) is 17.3. The van der Waals surface area contributed by atoms with Gasteiger partial charge < -0.3 is 19.5 Å². The largest absolute Gasteiger partial charge is 0.493 e. The number of methoxy groups -OCH3 is 1. The van der Waals surface area contributed by atoms with Gasteiger partial charge in [0.25, 0.3) is 5.91 Å². The lowest BCUT2D eigenvalue weighted by molar-refractivity contribution is -0.119. The summed E-state index contributed by atoms with van der Waals surface area (Å²) in [6, 6.07) is 9.28. The molecule has 0 atom stereocenters. The molecule has 154 valence electrons. The lowest BCUT2D eigenvalue weighted by Gasteiger charge is -2.16. The van der Waals surface area contributed by atoms with E-state index in [0.29, 0.717) is 17.0 Å². The van der Waals surface area contributed by atoms with Gasteiger partial charge in [-0.15, -0.1) is 0 Å². The summed E-state index contributed by atoms with van der Waals surface area (Å²) in [5.74, 6) is -0.804. The normalized spacial score (nSPS) is 10.4. The number of benzene rings is 2. The molecule has 0 saturated carbocycles. The number of carbonyl (C=O) groups excluding carboxylic acids is 3. The first kappa shape index (κ1) is 22.2. The van der Waals surface area contributed by atoms with E-state index in [1.807, 2.05) is 13.8 Å². The highest BCUT2D eigenvalue weighted by atomic mass is 35.5. The zero-order chi connectivity index (χ0) is 21.6. The van der Waals surface area contributed by atoms with E-state index in [9.17, 15) is 14.4 Å². The average Bonchev–Trinajstić information content (AvgIpc) is 2.67. The van der Waals surface area contributed by atoms with Crippen LogP contribution < -0.4 is 14.8 Å². The summed E-state index contributed by atoms with van der Waals surface area (Å²) in [5.41, 5.74) is 1.01. The summed E-state index contributed by atoms with van der Waals surface area (Å²) in [5, 5.41) is 2.76. The van der Waals surface area contributed by atoms with E-state index in [1.165, 1.54) is 26.2 Å². The predicted molar refractivity (Wildman–Crippen MR) is 109 cm³/mol. The molecular formula is C21H22ClNO6. The fourth-order valence-electron chi connectivity index (χ4n) is 2.42. The fourth-order valence-corrected chi connectivity index (χ4v) is 2.67. The molecule has 8 heteroatoms. The lowest BCUT2D eigenvalue weighted by atomic mass is 10.1. The lowest BCUT2D eigenvalue weighted by Crippen LogP contribution is -2.21. The second-order valence-corrected chi connectivity index (χ2v) is 6.82. The maximum Gasteiger partial charge on any atom is 0.338 e. The maximum absolute atomic E-state index is 12.3. The number of amides is 1. The van der Waals surface area contributed by atoms with E-state index >= 15 is 0 Å². The van der Waals surface area contributed by atoms with E-state index in [-0.39, 0.29) is 28.2 Å². The van der Waals surface area contributed by atoms with E-state index in [4.69, 9.17) is 25.8 Å². The zero-order valence-electron chi connectivity index (χ0n) is 16.6. The van der Waals surface area contributed by atoms with Crippen LogP contribution in [0.25, 0.3) is 0 Å². The summed E-state index contributed by atoms with van der Waals surface area (Å²) in [6.07, 6.45) is -0.135.